The van der Waals surface area contributed by atoms with E-state index in [9.17, 15) is 19.7 Å². The van der Waals surface area contributed by atoms with Crippen LogP contribution in [0.1, 0.15) is 33.1 Å². The van der Waals surface area contributed by atoms with Gasteiger partial charge in [0.05, 0.1) is 0 Å². The maximum atomic E-state index is 11.8. The first-order valence-corrected chi connectivity index (χ1v) is 6.38. The normalized spacial score (nSPS) is 11.1. The molecular formula is C12H18N4O5. The fourth-order valence-electron chi connectivity index (χ4n) is 1.72. The van der Waals surface area contributed by atoms with Crippen LogP contribution in [0.5, 0.6) is 0 Å². The predicted octanol–water partition coefficient (Wildman–Crippen LogP) is 0.941. The minimum Gasteiger partial charge on any atom is -0.481 e. The van der Waals surface area contributed by atoms with Gasteiger partial charge in [0.1, 0.15) is 6.20 Å². The van der Waals surface area contributed by atoms with Crippen molar-refractivity contribution in [1.29, 1.82) is 0 Å². The Bertz CT molecular complexity index is 538. The highest BCUT2D eigenvalue weighted by atomic mass is 16.6. The zero-order valence-corrected chi connectivity index (χ0v) is 11.9. The van der Waals surface area contributed by atoms with Gasteiger partial charge in [0.25, 0.3) is 0 Å². The van der Waals surface area contributed by atoms with Crippen molar-refractivity contribution in [2.45, 2.75) is 45.2 Å². The van der Waals surface area contributed by atoms with Gasteiger partial charge in [-0.25, -0.2) is 0 Å². The summed E-state index contributed by atoms with van der Waals surface area (Å²) in [5.74, 6) is -1.43. The second-order valence-corrected chi connectivity index (χ2v) is 5.30. The Hall–Kier alpha value is -2.45. The molecule has 0 atom stereocenters. The van der Waals surface area contributed by atoms with Crippen LogP contribution in [-0.2, 0) is 16.1 Å². The topological polar surface area (TPSA) is 127 Å². The van der Waals surface area contributed by atoms with E-state index in [0.717, 1.165) is 0 Å². The maximum absolute atomic E-state index is 11.8. The third kappa shape index (κ3) is 6.02. The molecule has 0 fully saturated rings. The first-order valence-electron chi connectivity index (χ1n) is 6.38. The highest BCUT2D eigenvalue weighted by Crippen LogP contribution is 2.12. The van der Waals surface area contributed by atoms with E-state index in [0.29, 0.717) is 6.42 Å². The summed E-state index contributed by atoms with van der Waals surface area (Å²) >= 11 is 0. The number of nitro groups is 1. The van der Waals surface area contributed by atoms with E-state index in [2.05, 4.69) is 10.3 Å². The molecule has 9 nitrogen and oxygen atoms in total. The van der Waals surface area contributed by atoms with E-state index < -0.39 is 16.4 Å². The Morgan fingerprint density at radius 3 is 2.67 bits per heavy atom. The number of aliphatic carboxylic acids is 1. The Kier molecular flexibility index (Phi) is 5.39. The van der Waals surface area contributed by atoms with Gasteiger partial charge < -0.3 is 25.1 Å². The van der Waals surface area contributed by atoms with Crippen molar-refractivity contribution < 1.29 is 19.6 Å². The van der Waals surface area contributed by atoms with Gasteiger partial charge in [-0.15, -0.1) is 0 Å². The molecule has 0 spiro atoms. The Morgan fingerprint density at radius 2 is 2.14 bits per heavy atom. The molecule has 0 aliphatic rings. The van der Waals surface area contributed by atoms with E-state index in [1.54, 1.807) is 13.8 Å². The lowest BCUT2D eigenvalue weighted by atomic mass is 9.98. The van der Waals surface area contributed by atoms with Crippen molar-refractivity contribution in [2.75, 3.05) is 0 Å². The fraction of sp³-hybridized carbons (Fsp3) is 0.583. The van der Waals surface area contributed by atoms with Crippen LogP contribution in [0, 0.1) is 10.1 Å². The second-order valence-electron chi connectivity index (χ2n) is 5.30. The number of hydrogen-bond donors (Lipinski definition) is 2. The van der Waals surface area contributed by atoms with Gasteiger partial charge in [0.2, 0.25) is 12.2 Å². The number of amides is 1. The van der Waals surface area contributed by atoms with Crippen LogP contribution in [0.2, 0.25) is 0 Å². The van der Waals surface area contributed by atoms with Gasteiger partial charge in [-0.3, -0.25) is 9.59 Å². The summed E-state index contributed by atoms with van der Waals surface area (Å²) < 4.78 is 1.46. The summed E-state index contributed by atoms with van der Waals surface area (Å²) in [7, 11) is 0. The summed E-state index contributed by atoms with van der Waals surface area (Å²) in [6.07, 6.45) is 2.97. The number of carboxylic acid groups (broad SMARTS) is 1. The highest BCUT2D eigenvalue weighted by molar-refractivity contribution is 5.76. The summed E-state index contributed by atoms with van der Waals surface area (Å²) in [6, 6.07) is 0. The maximum Gasteiger partial charge on any atom is 0.381 e. The van der Waals surface area contributed by atoms with Gasteiger partial charge in [0.15, 0.2) is 0 Å². The molecule has 9 heteroatoms. The van der Waals surface area contributed by atoms with Crippen LogP contribution in [0.3, 0.4) is 0 Å². The first-order chi connectivity index (χ1) is 9.69. The Balaban J connectivity index is 2.42. The third-order valence-electron chi connectivity index (χ3n) is 2.85. The van der Waals surface area contributed by atoms with Crippen molar-refractivity contribution in [3.8, 4) is 0 Å². The number of aryl methyl sites for hydroxylation is 1. The van der Waals surface area contributed by atoms with Crippen molar-refractivity contribution in [1.82, 2.24) is 14.9 Å². The van der Waals surface area contributed by atoms with Crippen LogP contribution in [0.25, 0.3) is 0 Å². The van der Waals surface area contributed by atoms with Crippen molar-refractivity contribution in [2.24, 2.45) is 0 Å². The standard InChI is InChI=1S/C12H18N4O5/c1-12(2,5-3-11(18)19)14-10(17)4-6-15-7-9(13-8-15)16(20)21/h7-8H,3-6H2,1-2H3,(H,14,17)(H,18,19). The van der Waals surface area contributed by atoms with Crippen molar-refractivity contribution in [3.63, 3.8) is 0 Å². The number of carbonyl (C=O) groups excluding carboxylic acids is 1. The molecule has 0 bridgehead atoms. The van der Waals surface area contributed by atoms with Gasteiger partial charge in [-0.2, -0.15) is 0 Å². The van der Waals surface area contributed by atoms with Gasteiger partial charge in [-0.05, 0) is 30.2 Å². The summed E-state index contributed by atoms with van der Waals surface area (Å²) in [6.45, 7) is 3.76. The number of carboxylic acids is 1. The Labute approximate surface area is 121 Å². The number of aromatic nitrogens is 2. The van der Waals surface area contributed by atoms with Crippen LogP contribution in [-0.4, -0.2) is 37.0 Å². The molecule has 2 N–H and O–H groups in total. The Morgan fingerprint density at radius 1 is 1.48 bits per heavy atom. The number of imidazole rings is 1. The number of hydrogen-bond acceptors (Lipinski definition) is 5. The van der Waals surface area contributed by atoms with Crippen LogP contribution in [0.4, 0.5) is 5.82 Å². The lowest BCUT2D eigenvalue weighted by Gasteiger charge is -2.25. The predicted molar refractivity (Wildman–Crippen MR) is 72.6 cm³/mol. The molecule has 1 aromatic rings. The smallest absolute Gasteiger partial charge is 0.381 e. The van der Waals surface area contributed by atoms with Gasteiger partial charge in [-0.1, -0.05) is 0 Å². The number of nitrogens with zero attached hydrogens (tertiary/aromatic N) is 3. The third-order valence-corrected chi connectivity index (χ3v) is 2.85. The van der Waals surface area contributed by atoms with Gasteiger partial charge >= 0.3 is 11.8 Å². The molecule has 0 saturated carbocycles. The molecule has 0 saturated heterocycles. The average molecular weight is 298 g/mol. The summed E-state index contributed by atoms with van der Waals surface area (Å²) in [4.78, 5) is 35.8. The molecular weight excluding hydrogens is 280 g/mol. The van der Waals surface area contributed by atoms with Crippen molar-refractivity contribution in [3.05, 3.63) is 22.6 Å². The van der Waals surface area contributed by atoms with E-state index in [1.807, 2.05) is 0 Å². The molecule has 1 aromatic heterocycles. The lowest BCUT2D eigenvalue weighted by molar-refractivity contribution is -0.389. The first kappa shape index (κ1) is 16.6. The summed E-state index contributed by atoms with van der Waals surface area (Å²) in [5, 5.41) is 21.8. The molecule has 0 aliphatic heterocycles. The van der Waals surface area contributed by atoms with E-state index in [4.69, 9.17) is 5.11 Å². The SMILES string of the molecule is CC(C)(CCC(=O)O)NC(=O)CCn1cnc([N+](=O)[O-])c1. The quantitative estimate of drug-likeness (QED) is 0.543. The van der Waals surface area contributed by atoms with Crippen LogP contribution < -0.4 is 5.32 Å². The number of nitrogens with one attached hydrogen (secondary N) is 1. The van der Waals surface area contributed by atoms with Crippen LogP contribution in [0.15, 0.2) is 12.5 Å². The van der Waals surface area contributed by atoms with E-state index in [-0.39, 0.29) is 31.1 Å². The highest BCUT2D eigenvalue weighted by Gasteiger charge is 2.21. The zero-order valence-electron chi connectivity index (χ0n) is 11.9. The van der Waals surface area contributed by atoms with Crippen LogP contribution >= 0.6 is 0 Å². The zero-order chi connectivity index (χ0) is 16.0. The summed E-state index contributed by atoms with van der Waals surface area (Å²) in [5.41, 5.74) is -0.615. The molecule has 0 aromatic carbocycles. The molecule has 0 radical (unpaired) electrons. The van der Waals surface area contributed by atoms with E-state index >= 15 is 0 Å². The average Bonchev–Trinajstić information content (AvgIpc) is 2.82. The van der Waals surface area contributed by atoms with E-state index in [1.165, 1.54) is 17.1 Å². The molecule has 1 rings (SSSR count). The molecule has 1 amide bonds. The largest absolute Gasteiger partial charge is 0.481 e. The van der Waals surface area contributed by atoms with Gasteiger partial charge in [0, 0.05) is 24.9 Å². The second kappa shape index (κ2) is 6.82. The van der Waals surface area contributed by atoms with Crippen molar-refractivity contribution >= 4 is 17.7 Å². The molecule has 1 heterocycles. The molecule has 116 valence electrons. The number of rotatable bonds is 8. The molecule has 0 aliphatic carbocycles. The monoisotopic (exact) mass is 298 g/mol. The minimum absolute atomic E-state index is 0.0268. The molecule has 0 unspecified atom stereocenters. The fourth-order valence-corrected chi connectivity index (χ4v) is 1.72. The minimum atomic E-state index is -0.914. The number of carbonyl (C=O) groups is 2. The lowest BCUT2D eigenvalue weighted by Crippen LogP contribution is -2.43. The molecule has 21 heavy (non-hydrogen) atoms.